The summed E-state index contributed by atoms with van der Waals surface area (Å²) in [6.07, 6.45) is 2.58. The van der Waals surface area contributed by atoms with Crippen molar-refractivity contribution in [1.82, 2.24) is 10.2 Å². The smallest absolute Gasteiger partial charge is 0.00508 e. The van der Waals surface area contributed by atoms with E-state index in [0.717, 1.165) is 12.5 Å². The highest BCUT2D eigenvalue weighted by Gasteiger charge is 2.22. The highest BCUT2D eigenvalue weighted by atomic mass is 15.1. The van der Waals surface area contributed by atoms with Crippen LogP contribution in [0.4, 0.5) is 0 Å². The number of nitrogens with one attached hydrogen (secondary N) is 1. The summed E-state index contributed by atoms with van der Waals surface area (Å²) < 4.78 is 0. The molecule has 16 heavy (non-hydrogen) atoms. The molecule has 0 amide bonds. The molecule has 1 fully saturated rings. The van der Waals surface area contributed by atoms with E-state index in [9.17, 15) is 0 Å². The molecule has 0 saturated carbocycles. The summed E-state index contributed by atoms with van der Waals surface area (Å²) in [7, 11) is 2.02. The second-order valence-corrected chi connectivity index (χ2v) is 4.65. The van der Waals surface area contributed by atoms with E-state index in [0.29, 0.717) is 0 Å². The normalized spacial score (nSPS) is 21.4. The van der Waals surface area contributed by atoms with E-state index in [-0.39, 0.29) is 0 Å². The van der Waals surface area contributed by atoms with Gasteiger partial charge in [-0.15, -0.1) is 0 Å². The Morgan fingerprint density at radius 2 is 2.12 bits per heavy atom. The molecule has 1 aliphatic heterocycles. The Kier molecular flexibility index (Phi) is 4.37. The van der Waals surface area contributed by atoms with Crippen LogP contribution in [0.1, 0.15) is 24.3 Å². The first-order valence-electron chi connectivity index (χ1n) is 6.32. The zero-order valence-electron chi connectivity index (χ0n) is 10.2. The molecule has 1 saturated heterocycles. The van der Waals surface area contributed by atoms with Gasteiger partial charge in [0.25, 0.3) is 0 Å². The summed E-state index contributed by atoms with van der Waals surface area (Å²) in [5.74, 6) is 0.760. The molecule has 1 unspecified atom stereocenters. The molecule has 0 radical (unpaired) electrons. The Morgan fingerprint density at radius 1 is 1.31 bits per heavy atom. The topological polar surface area (TPSA) is 15.3 Å². The molecule has 2 heteroatoms. The lowest BCUT2D eigenvalue weighted by atomic mass is 9.99. The van der Waals surface area contributed by atoms with E-state index in [4.69, 9.17) is 0 Å². The van der Waals surface area contributed by atoms with Gasteiger partial charge >= 0.3 is 0 Å². The van der Waals surface area contributed by atoms with E-state index < -0.39 is 0 Å². The van der Waals surface area contributed by atoms with Gasteiger partial charge in [-0.2, -0.15) is 0 Å². The highest BCUT2D eigenvalue weighted by Crippen LogP contribution is 2.26. The number of likely N-dealkylation sites (tertiary alicyclic amines) is 1. The van der Waals surface area contributed by atoms with Gasteiger partial charge in [0, 0.05) is 6.54 Å². The van der Waals surface area contributed by atoms with Crippen LogP contribution in [0.2, 0.25) is 0 Å². The van der Waals surface area contributed by atoms with Crippen LogP contribution in [-0.4, -0.2) is 38.1 Å². The lowest BCUT2D eigenvalue weighted by molar-refractivity contribution is 0.328. The summed E-state index contributed by atoms with van der Waals surface area (Å²) in [6.45, 7) is 4.88. The Labute approximate surface area is 98.7 Å². The Balaban J connectivity index is 1.79. The van der Waals surface area contributed by atoms with E-state index in [1.54, 1.807) is 0 Å². The third kappa shape index (κ3) is 3.06. The molecule has 1 N–H and O–H groups in total. The predicted molar refractivity (Wildman–Crippen MR) is 68.8 cm³/mol. The minimum atomic E-state index is 0.760. The lowest BCUT2D eigenvalue weighted by Crippen LogP contribution is -2.24. The molecule has 0 aromatic heterocycles. The van der Waals surface area contributed by atoms with E-state index in [1.807, 2.05) is 7.05 Å². The lowest BCUT2D eigenvalue weighted by Gasteiger charge is -2.15. The van der Waals surface area contributed by atoms with Crippen molar-refractivity contribution in [1.29, 1.82) is 0 Å². The number of hydrogen-bond donors (Lipinski definition) is 1. The molecule has 1 heterocycles. The Morgan fingerprint density at radius 3 is 2.88 bits per heavy atom. The summed E-state index contributed by atoms with van der Waals surface area (Å²) >= 11 is 0. The molecule has 1 atom stereocenters. The number of benzene rings is 1. The van der Waals surface area contributed by atoms with Crippen molar-refractivity contribution >= 4 is 0 Å². The van der Waals surface area contributed by atoms with Gasteiger partial charge in [-0.25, -0.2) is 0 Å². The van der Waals surface area contributed by atoms with Crippen LogP contribution in [0.15, 0.2) is 30.3 Å². The summed E-state index contributed by atoms with van der Waals surface area (Å²) in [4.78, 5) is 2.59. The second-order valence-electron chi connectivity index (χ2n) is 4.65. The van der Waals surface area contributed by atoms with Crippen molar-refractivity contribution in [2.45, 2.75) is 18.8 Å². The van der Waals surface area contributed by atoms with Crippen molar-refractivity contribution in [3.05, 3.63) is 35.9 Å². The van der Waals surface area contributed by atoms with Crippen LogP contribution in [0.3, 0.4) is 0 Å². The largest absolute Gasteiger partial charge is 0.320 e. The van der Waals surface area contributed by atoms with Gasteiger partial charge in [-0.3, -0.25) is 0 Å². The van der Waals surface area contributed by atoms with E-state index in [2.05, 4.69) is 40.5 Å². The van der Waals surface area contributed by atoms with Gasteiger partial charge < -0.3 is 10.2 Å². The second kappa shape index (κ2) is 6.02. The minimum absolute atomic E-state index is 0.760. The fourth-order valence-corrected chi connectivity index (χ4v) is 2.51. The zero-order valence-corrected chi connectivity index (χ0v) is 10.2. The van der Waals surface area contributed by atoms with Crippen molar-refractivity contribution in [3.63, 3.8) is 0 Å². The van der Waals surface area contributed by atoms with Gasteiger partial charge in [-0.1, -0.05) is 30.3 Å². The summed E-state index contributed by atoms with van der Waals surface area (Å²) in [6, 6.07) is 10.9. The Bertz CT molecular complexity index is 297. The van der Waals surface area contributed by atoms with Crippen molar-refractivity contribution < 1.29 is 0 Å². The van der Waals surface area contributed by atoms with Crippen LogP contribution < -0.4 is 5.32 Å². The quantitative estimate of drug-likeness (QED) is 0.761. The average Bonchev–Trinajstić information content (AvgIpc) is 2.79. The summed E-state index contributed by atoms with van der Waals surface area (Å²) in [5.41, 5.74) is 1.51. The monoisotopic (exact) mass is 218 g/mol. The third-order valence-corrected chi connectivity index (χ3v) is 3.44. The fraction of sp³-hybridized carbons (Fsp3) is 0.571. The van der Waals surface area contributed by atoms with Crippen molar-refractivity contribution in [2.75, 3.05) is 33.2 Å². The van der Waals surface area contributed by atoms with Gasteiger partial charge in [0.2, 0.25) is 0 Å². The van der Waals surface area contributed by atoms with Gasteiger partial charge in [0.15, 0.2) is 0 Å². The molecule has 1 aromatic rings. The molecule has 1 aromatic carbocycles. The van der Waals surface area contributed by atoms with Crippen LogP contribution in [-0.2, 0) is 0 Å². The summed E-state index contributed by atoms with van der Waals surface area (Å²) in [5, 5.41) is 3.21. The molecule has 0 spiro atoms. The van der Waals surface area contributed by atoms with E-state index in [1.165, 1.54) is 38.0 Å². The number of hydrogen-bond acceptors (Lipinski definition) is 2. The van der Waals surface area contributed by atoms with Crippen LogP contribution >= 0.6 is 0 Å². The molecule has 0 aliphatic carbocycles. The third-order valence-electron chi connectivity index (χ3n) is 3.44. The number of nitrogens with zero attached hydrogens (tertiary/aromatic N) is 1. The first-order chi connectivity index (χ1) is 7.90. The van der Waals surface area contributed by atoms with Gasteiger partial charge in [-0.05, 0) is 51.0 Å². The SMILES string of the molecule is CNCCCN1CCC(c2ccccc2)C1. The molecule has 2 rings (SSSR count). The molecular weight excluding hydrogens is 196 g/mol. The van der Waals surface area contributed by atoms with Crippen LogP contribution in [0.25, 0.3) is 0 Å². The molecule has 1 aliphatic rings. The average molecular weight is 218 g/mol. The van der Waals surface area contributed by atoms with Crippen LogP contribution in [0, 0.1) is 0 Å². The van der Waals surface area contributed by atoms with E-state index >= 15 is 0 Å². The van der Waals surface area contributed by atoms with Gasteiger partial charge in [0.1, 0.15) is 0 Å². The highest BCUT2D eigenvalue weighted by molar-refractivity contribution is 5.20. The molecule has 0 bridgehead atoms. The predicted octanol–water partition coefficient (Wildman–Crippen LogP) is 2.09. The maximum atomic E-state index is 3.21. The number of rotatable bonds is 5. The van der Waals surface area contributed by atoms with Crippen molar-refractivity contribution in [2.24, 2.45) is 0 Å². The first-order valence-corrected chi connectivity index (χ1v) is 6.32. The fourth-order valence-electron chi connectivity index (χ4n) is 2.51. The standard InChI is InChI=1S/C14H22N2/c1-15-9-5-10-16-11-8-14(12-16)13-6-3-2-4-7-13/h2-4,6-7,14-15H,5,8-12H2,1H3. The maximum absolute atomic E-state index is 3.21. The molecule has 2 nitrogen and oxygen atoms in total. The first kappa shape index (κ1) is 11.6. The zero-order chi connectivity index (χ0) is 11.2. The van der Waals surface area contributed by atoms with Crippen LogP contribution in [0.5, 0.6) is 0 Å². The Hall–Kier alpha value is -0.860. The van der Waals surface area contributed by atoms with Crippen molar-refractivity contribution in [3.8, 4) is 0 Å². The molecule has 88 valence electrons. The molecular formula is C14H22N2. The van der Waals surface area contributed by atoms with Gasteiger partial charge in [0.05, 0.1) is 0 Å². The minimum Gasteiger partial charge on any atom is -0.320 e. The maximum Gasteiger partial charge on any atom is 0.00508 e.